The van der Waals surface area contributed by atoms with E-state index in [0.717, 1.165) is 25.2 Å². The molecule has 1 unspecified atom stereocenters. The Labute approximate surface area is 101 Å². The zero-order valence-electron chi connectivity index (χ0n) is 10.1. The molecule has 0 saturated carbocycles. The van der Waals surface area contributed by atoms with Crippen LogP contribution in [0.1, 0.15) is 32.0 Å². The maximum absolute atomic E-state index is 11.0. The smallest absolute Gasteiger partial charge is 0.220 e. The van der Waals surface area contributed by atoms with Crippen molar-refractivity contribution in [1.82, 2.24) is 25.4 Å². The minimum absolute atomic E-state index is 0.150. The van der Waals surface area contributed by atoms with Gasteiger partial charge in [0.2, 0.25) is 5.91 Å². The minimum Gasteiger partial charge on any atom is -0.355 e. The second kappa shape index (κ2) is 5.77. The van der Waals surface area contributed by atoms with E-state index in [4.69, 9.17) is 0 Å². The molecule has 17 heavy (non-hydrogen) atoms. The van der Waals surface area contributed by atoms with Gasteiger partial charge in [-0.3, -0.25) is 4.79 Å². The number of amides is 1. The maximum atomic E-state index is 11.0. The molecule has 6 heteroatoms. The molecule has 0 spiro atoms. The van der Waals surface area contributed by atoms with Crippen molar-refractivity contribution in [3.05, 3.63) is 12.2 Å². The first-order valence-corrected chi connectivity index (χ1v) is 6.16. The number of carbonyl (C=O) groups excluding carboxylic acids is 1. The number of nitrogens with zero attached hydrogens (tertiary/aromatic N) is 3. The van der Waals surface area contributed by atoms with Crippen LogP contribution in [-0.2, 0) is 17.9 Å². The normalized spacial score (nSPS) is 20.3. The third-order valence-electron chi connectivity index (χ3n) is 2.95. The fourth-order valence-electron chi connectivity index (χ4n) is 1.97. The average Bonchev–Trinajstić information content (AvgIpc) is 2.77. The van der Waals surface area contributed by atoms with E-state index in [9.17, 15) is 4.79 Å². The van der Waals surface area contributed by atoms with E-state index in [1.807, 2.05) is 4.68 Å². The lowest BCUT2D eigenvalue weighted by atomic mass is 10.1. The third-order valence-corrected chi connectivity index (χ3v) is 2.95. The fraction of sp³-hybridized carbons (Fsp3) is 0.727. The van der Waals surface area contributed by atoms with Gasteiger partial charge in [0.05, 0.1) is 6.54 Å². The summed E-state index contributed by atoms with van der Waals surface area (Å²) in [6.45, 7) is 4.44. The molecule has 1 aliphatic rings. The van der Waals surface area contributed by atoms with Crippen LogP contribution in [0, 0.1) is 0 Å². The van der Waals surface area contributed by atoms with Crippen LogP contribution >= 0.6 is 0 Å². The van der Waals surface area contributed by atoms with Crippen molar-refractivity contribution in [3.63, 3.8) is 0 Å². The number of nitrogens with one attached hydrogen (secondary N) is 2. The quantitative estimate of drug-likeness (QED) is 0.759. The number of hydrogen-bond acceptors (Lipinski definition) is 4. The molecule has 2 rings (SSSR count). The highest BCUT2D eigenvalue weighted by Crippen LogP contribution is 2.04. The summed E-state index contributed by atoms with van der Waals surface area (Å²) in [5, 5.41) is 10.4. The lowest BCUT2D eigenvalue weighted by Crippen LogP contribution is -2.45. The van der Waals surface area contributed by atoms with E-state index in [-0.39, 0.29) is 5.91 Å². The van der Waals surface area contributed by atoms with Gasteiger partial charge >= 0.3 is 0 Å². The molecule has 1 amide bonds. The lowest BCUT2D eigenvalue weighted by molar-refractivity contribution is -0.122. The van der Waals surface area contributed by atoms with Crippen LogP contribution < -0.4 is 10.6 Å². The Bertz CT molecular complexity index is 366. The van der Waals surface area contributed by atoms with E-state index in [0.29, 0.717) is 25.6 Å². The number of hydrogen-bond donors (Lipinski definition) is 2. The van der Waals surface area contributed by atoms with Gasteiger partial charge in [0.1, 0.15) is 12.2 Å². The van der Waals surface area contributed by atoms with Crippen molar-refractivity contribution in [1.29, 1.82) is 0 Å². The Morgan fingerprint density at radius 2 is 2.53 bits per heavy atom. The topological polar surface area (TPSA) is 71.8 Å². The second-order valence-corrected chi connectivity index (χ2v) is 4.32. The SMILES string of the molecule is CCCn1ncnc1CNC1CCC(=O)NC1. The van der Waals surface area contributed by atoms with Gasteiger partial charge in [0, 0.05) is 25.6 Å². The summed E-state index contributed by atoms with van der Waals surface area (Å²) in [7, 11) is 0. The average molecular weight is 237 g/mol. The highest BCUT2D eigenvalue weighted by atomic mass is 16.1. The second-order valence-electron chi connectivity index (χ2n) is 4.32. The van der Waals surface area contributed by atoms with E-state index in [1.54, 1.807) is 6.33 Å². The Kier molecular flexibility index (Phi) is 4.08. The van der Waals surface area contributed by atoms with Gasteiger partial charge in [-0.05, 0) is 12.8 Å². The summed E-state index contributed by atoms with van der Waals surface area (Å²) >= 11 is 0. The van der Waals surface area contributed by atoms with E-state index >= 15 is 0 Å². The zero-order valence-corrected chi connectivity index (χ0v) is 10.1. The Hall–Kier alpha value is -1.43. The number of rotatable bonds is 5. The summed E-state index contributed by atoms with van der Waals surface area (Å²) in [6, 6.07) is 0.347. The van der Waals surface area contributed by atoms with E-state index in [1.165, 1.54) is 0 Å². The largest absolute Gasteiger partial charge is 0.355 e. The van der Waals surface area contributed by atoms with Gasteiger partial charge in [-0.2, -0.15) is 5.10 Å². The molecule has 2 heterocycles. The molecular weight excluding hydrogens is 218 g/mol. The molecule has 0 bridgehead atoms. The van der Waals surface area contributed by atoms with Crippen molar-refractivity contribution in [2.24, 2.45) is 0 Å². The maximum Gasteiger partial charge on any atom is 0.220 e. The van der Waals surface area contributed by atoms with Crippen LogP contribution in [0.15, 0.2) is 6.33 Å². The van der Waals surface area contributed by atoms with Gasteiger partial charge in [0.15, 0.2) is 0 Å². The van der Waals surface area contributed by atoms with Gasteiger partial charge in [-0.15, -0.1) is 0 Å². The van der Waals surface area contributed by atoms with Crippen LogP contribution in [0.2, 0.25) is 0 Å². The predicted molar refractivity (Wildman–Crippen MR) is 63.2 cm³/mol. The minimum atomic E-state index is 0.150. The van der Waals surface area contributed by atoms with Gasteiger partial charge in [0.25, 0.3) is 0 Å². The first-order chi connectivity index (χ1) is 8.29. The summed E-state index contributed by atoms with van der Waals surface area (Å²) < 4.78 is 1.93. The number of piperidine rings is 1. The van der Waals surface area contributed by atoms with Crippen LogP contribution in [-0.4, -0.2) is 33.3 Å². The molecule has 94 valence electrons. The first-order valence-electron chi connectivity index (χ1n) is 6.16. The summed E-state index contributed by atoms with van der Waals surface area (Å²) in [4.78, 5) is 15.3. The molecule has 0 radical (unpaired) electrons. The Morgan fingerprint density at radius 1 is 1.65 bits per heavy atom. The standard InChI is InChI=1S/C11H19N5O/c1-2-5-16-10(14-8-15-16)7-12-9-3-4-11(17)13-6-9/h8-9,12H,2-7H2,1H3,(H,13,17). The molecular formula is C11H19N5O. The summed E-state index contributed by atoms with van der Waals surface area (Å²) in [5.41, 5.74) is 0. The van der Waals surface area contributed by atoms with Crippen LogP contribution in [0.25, 0.3) is 0 Å². The molecule has 0 aliphatic carbocycles. The third kappa shape index (κ3) is 3.26. The highest BCUT2D eigenvalue weighted by molar-refractivity contribution is 5.76. The zero-order chi connectivity index (χ0) is 12.1. The van der Waals surface area contributed by atoms with E-state index < -0.39 is 0 Å². The number of aryl methyl sites for hydroxylation is 1. The molecule has 1 fully saturated rings. The Morgan fingerprint density at radius 3 is 3.24 bits per heavy atom. The van der Waals surface area contributed by atoms with Crippen LogP contribution in [0.5, 0.6) is 0 Å². The lowest BCUT2D eigenvalue weighted by Gasteiger charge is -2.23. The van der Waals surface area contributed by atoms with Crippen molar-refractivity contribution in [2.45, 2.75) is 45.3 Å². The van der Waals surface area contributed by atoms with Gasteiger partial charge in [-0.1, -0.05) is 6.92 Å². The molecule has 0 aromatic carbocycles. The molecule has 6 nitrogen and oxygen atoms in total. The first kappa shape index (κ1) is 12.0. The van der Waals surface area contributed by atoms with Crippen molar-refractivity contribution < 1.29 is 4.79 Å². The molecule has 2 N–H and O–H groups in total. The monoisotopic (exact) mass is 237 g/mol. The Balaban J connectivity index is 1.81. The number of aromatic nitrogens is 3. The molecule has 1 atom stereocenters. The van der Waals surface area contributed by atoms with Gasteiger partial charge in [-0.25, -0.2) is 9.67 Å². The fourth-order valence-corrected chi connectivity index (χ4v) is 1.97. The number of carbonyl (C=O) groups is 1. The molecule has 1 aliphatic heterocycles. The van der Waals surface area contributed by atoms with Crippen molar-refractivity contribution in [2.75, 3.05) is 6.54 Å². The molecule has 1 aromatic rings. The van der Waals surface area contributed by atoms with Gasteiger partial charge < -0.3 is 10.6 Å². The van der Waals surface area contributed by atoms with Crippen molar-refractivity contribution in [3.8, 4) is 0 Å². The highest BCUT2D eigenvalue weighted by Gasteiger charge is 2.17. The van der Waals surface area contributed by atoms with Crippen LogP contribution in [0.4, 0.5) is 0 Å². The van der Waals surface area contributed by atoms with Crippen LogP contribution in [0.3, 0.4) is 0 Å². The molecule has 1 saturated heterocycles. The van der Waals surface area contributed by atoms with Crippen molar-refractivity contribution >= 4 is 5.91 Å². The summed E-state index contributed by atoms with van der Waals surface area (Å²) in [6.07, 6.45) is 4.15. The summed E-state index contributed by atoms with van der Waals surface area (Å²) in [5.74, 6) is 1.11. The van der Waals surface area contributed by atoms with E-state index in [2.05, 4.69) is 27.6 Å². The molecule has 1 aromatic heterocycles. The predicted octanol–water partition coefficient (Wildman–Crippen LogP) is 0.0563.